The van der Waals surface area contributed by atoms with Gasteiger partial charge in [-0.2, -0.15) is 5.10 Å². The third-order valence-corrected chi connectivity index (χ3v) is 5.05. The third-order valence-electron chi connectivity index (χ3n) is 4.47. The van der Waals surface area contributed by atoms with Crippen LogP contribution < -0.4 is 20.2 Å². The molecule has 2 N–H and O–H groups in total. The van der Waals surface area contributed by atoms with Crippen molar-refractivity contribution in [3.05, 3.63) is 93.5 Å². The molecule has 0 atom stereocenters. The molecule has 0 aliphatic rings. The number of nitrogens with zero attached hydrogens (tertiary/aromatic N) is 1. The third kappa shape index (κ3) is 7.24. The molecule has 0 aliphatic heterocycles. The molecule has 9 heteroatoms. The minimum Gasteiger partial charge on any atom is -0.493 e. The second-order valence-corrected chi connectivity index (χ2v) is 7.65. The van der Waals surface area contributed by atoms with Crippen LogP contribution in [0.4, 0.5) is 0 Å². The molecule has 0 fully saturated rings. The SMILES string of the molecule is COc1cc(/C=N/NC(=O)C(=O)NCc2ccccc2)ccc1OCc1ccc(Cl)cc1Cl. The molecule has 0 saturated heterocycles. The van der Waals surface area contributed by atoms with Crippen LogP contribution >= 0.6 is 23.2 Å². The number of amides is 2. The van der Waals surface area contributed by atoms with Crippen LogP contribution in [0.2, 0.25) is 10.0 Å². The average Bonchev–Trinajstić information content (AvgIpc) is 2.83. The first-order valence-corrected chi connectivity index (χ1v) is 10.6. The van der Waals surface area contributed by atoms with Crippen molar-refractivity contribution in [1.82, 2.24) is 10.7 Å². The van der Waals surface area contributed by atoms with Crippen LogP contribution in [0.25, 0.3) is 0 Å². The summed E-state index contributed by atoms with van der Waals surface area (Å²) in [5.41, 5.74) is 4.49. The molecule has 3 aromatic rings. The van der Waals surface area contributed by atoms with Crippen molar-refractivity contribution in [2.75, 3.05) is 7.11 Å². The van der Waals surface area contributed by atoms with E-state index in [1.165, 1.54) is 13.3 Å². The Morgan fingerprint density at radius 1 is 0.970 bits per heavy atom. The molecule has 0 bridgehead atoms. The predicted octanol–water partition coefficient (Wildman–Crippen LogP) is 4.35. The lowest BCUT2D eigenvalue weighted by molar-refractivity contribution is -0.139. The van der Waals surface area contributed by atoms with E-state index in [1.807, 2.05) is 30.3 Å². The van der Waals surface area contributed by atoms with Crippen molar-refractivity contribution in [1.29, 1.82) is 0 Å². The predicted molar refractivity (Wildman–Crippen MR) is 128 cm³/mol. The van der Waals surface area contributed by atoms with Crippen molar-refractivity contribution in [2.45, 2.75) is 13.2 Å². The minimum atomic E-state index is -0.867. The minimum absolute atomic E-state index is 0.230. The van der Waals surface area contributed by atoms with Crippen molar-refractivity contribution in [3.63, 3.8) is 0 Å². The Morgan fingerprint density at radius 2 is 1.76 bits per heavy atom. The van der Waals surface area contributed by atoms with E-state index in [-0.39, 0.29) is 13.2 Å². The molecule has 33 heavy (non-hydrogen) atoms. The first-order valence-electron chi connectivity index (χ1n) is 9.86. The number of hydrogen-bond acceptors (Lipinski definition) is 5. The first-order chi connectivity index (χ1) is 16.0. The molecule has 7 nitrogen and oxygen atoms in total. The second-order valence-electron chi connectivity index (χ2n) is 6.80. The zero-order valence-corrected chi connectivity index (χ0v) is 19.2. The van der Waals surface area contributed by atoms with E-state index in [2.05, 4.69) is 15.8 Å². The number of benzene rings is 3. The van der Waals surface area contributed by atoms with Gasteiger partial charge in [0.15, 0.2) is 11.5 Å². The molecule has 0 saturated carbocycles. The fourth-order valence-electron chi connectivity index (χ4n) is 2.75. The Labute approximate surface area is 201 Å². The maximum atomic E-state index is 11.9. The Morgan fingerprint density at radius 3 is 2.48 bits per heavy atom. The highest BCUT2D eigenvalue weighted by molar-refractivity contribution is 6.35. The van der Waals surface area contributed by atoms with Crippen molar-refractivity contribution in [2.24, 2.45) is 5.10 Å². The van der Waals surface area contributed by atoms with Crippen molar-refractivity contribution in [3.8, 4) is 11.5 Å². The van der Waals surface area contributed by atoms with E-state index in [4.69, 9.17) is 32.7 Å². The molecule has 3 rings (SSSR count). The van der Waals surface area contributed by atoms with Gasteiger partial charge in [-0.25, -0.2) is 5.43 Å². The Hall–Kier alpha value is -3.55. The highest BCUT2D eigenvalue weighted by atomic mass is 35.5. The van der Waals surface area contributed by atoms with Gasteiger partial charge in [0.2, 0.25) is 0 Å². The first kappa shape index (κ1) is 24.1. The quantitative estimate of drug-likeness (QED) is 0.282. The largest absolute Gasteiger partial charge is 0.493 e. The highest BCUT2D eigenvalue weighted by Gasteiger charge is 2.12. The van der Waals surface area contributed by atoms with Gasteiger partial charge >= 0.3 is 11.8 Å². The Balaban J connectivity index is 1.54. The summed E-state index contributed by atoms with van der Waals surface area (Å²) in [5, 5.41) is 7.41. The second kappa shape index (κ2) is 11.9. The van der Waals surface area contributed by atoms with Gasteiger partial charge in [0, 0.05) is 22.2 Å². The van der Waals surface area contributed by atoms with E-state index in [0.29, 0.717) is 27.1 Å². The number of carbonyl (C=O) groups excluding carboxylic acids is 2. The Kier molecular flexibility index (Phi) is 8.69. The van der Waals surface area contributed by atoms with Gasteiger partial charge in [-0.05, 0) is 41.5 Å². The lowest BCUT2D eigenvalue weighted by atomic mass is 10.2. The molecule has 0 radical (unpaired) electrons. The van der Waals surface area contributed by atoms with Crippen LogP contribution in [0.1, 0.15) is 16.7 Å². The number of halogens is 2. The highest BCUT2D eigenvalue weighted by Crippen LogP contribution is 2.29. The fraction of sp³-hybridized carbons (Fsp3) is 0.125. The number of carbonyl (C=O) groups is 2. The molecule has 2 amide bonds. The summed E-state index contributed by atoms with van der Waals surface area (Å²) < 4.78 is 11.2. The van der Waals surface area contributed by atoms with Crippen LogP contribution in [-0.2, 0) is 22.7 Å². The summed E-state index contributed by atoms with van der Waals surface area (Å²) in [6.45, 7) is 0.477. The number of rotatable bonds is 8. The molecule has 170 valence electrons. The molecular formula is C24H21Cl2N3O4. The molecule has 0 heterocycles. The van der Waals surface area contributed by atoms with Crippen molar-refractivity contribution < 1.29 is 19.1 Å². The van der Waals surface area contributed by atoms with Gasteiger partial charge in [-0.3, -0.25) is 9.59 Å². The van der Waals surface area contributed by atoms with Gasteiger partial charge in [0.1, 0.15) is 6.61 Å². The summed E-state index contributed by atoms with van der Waals surface area (Å²) >= 11 is 12.1. The standard InChI is InChI=1S/C24H21Cl2N3O4/c1-32-22-11-17(7-10-21(22)33-15-18-8-9-19(25)12-20(18)26)14-28-29-24(31)23(30)27-13-16-5-3-2-4-6-16/h2-12,14H,13,15H2,1H3,(H,27,30)(H,29,31)/b28-14+. The van der Waals surface area contributed by atoms with Gasteiger partial charge in [0.25, 0.3) is 0 Å². The van der Waals surface area contributed by atoms with Crippen molar-refractivity contribution >= 4 is 41.2 Å². The van der Waals surface area contributed by atoms with Gasteiger partial charge in [0.05, 0.1) is 13.3 Å². The lowest BCUT2D eigenvalue weighted by Crippen LogP contribution is -2.37. The molecule has 3 aromatic carbocycles. The summed E-state index contributed by atoms with van der Waals surface area (Å²) in [6, 6.07) is 19.6. The fourth-order valence-corrected chi connectivity index (χ4v) is 3.22. The van der Waals surface area contributed by atoms with Gasteiger partial charge in [-0.1, -0.05) is 59.6 Å². The monoisotopic (exact) mass is 485 g/mol. The van der Waals surface area contributed by atoms with Crippen LogP contribution in [0.5, 0.6) is 11.5 Å². The summed E-state index contributed by atoms with van der Waals surface area (Å²) in [5.74, 6) is -0.673. The van der Waals surface area contributed by atoms with E-state index in [9.17, 15) is 9.59 Å². The number of ether oxygens (including phenoxy) is 2. The van der Waals surface area contributed by atoms with E-state index in [0.717, 1.165) is 11.1 Å². The number of hydrogen-bond donors (Lipinski definition) is 2. The summed E-state index contributed by atoms with van der Waals surface area (Å²) in [7, 11) is 1.51. The zero-order chi connectivity index (χ0) is 23.6. The molecule has 0 aliphatic carbocycles. The van der Waals surface area contributed by atoms with E-state index in [1.54, 1.807) is 36.4 Å². The van der Waals surface area contributed by atoms with Crippen LogP contribution in [0.15, 0.2) is 71.8 Å². The van der Waals surface area contributed by atoms with E-state index >= 15 is 0 Å². The van der Waals surface area contributed by atoms with Crippen LogP contribution in [0, 0.1) is 0 Å². The Bertz CT molecular complexity index is 1150. The average molecular weight is 486 g/mol. The molecule has 0 unspecified atom stereocenters. The summed E-state index contributed by atoms with van der Waals surface area (Å²) in [4.78, 5) is 23.8. The molecule has 0 spiro atoms. The number of nitrogens with one attached hydrogen (secondary N) is 2. The smallest absolute Gasteiger partial charge is 0.329 e. The van der Waals surface area contributed by atoms with Crippen LogP contribution in [-0.4, -0.2) is 25.1 Å². The maximum absolute atomic E-state index is 11.9. The number of methoxy groups -OCH3 is 1. The van der Waals surface area contributed by atoms with Gasteiger partial charge in [-0.15, -0.1) is 0 Å². The zero-order valence-electron chi connectivity index (χ0n) is 17.7. The normalized spacial score (nSPS) is 10.6. The molecular weight excluding hydrogens is 465 g/mol. The number of hydrazone groups is 1. The summed E-state index contributed by atoms with van der Waals surface area (Å²) in [6.07, 6.45) is 1.39. The van der Waals surface area contributed by atoms with Gasteiger partial charge < -0.3 is 14.8 Å². The lowest BCUT2D eigenvalue weighted by Gasteiger charge is -2.12. The topological polar surface area (TPSA) is 89.0 Å². The maximum Gasteiger partial charge on any atom is 0.329 e. The molecule has 0 aromatic heterocycles. The van der Waals surface area contributed by atoms with Crippen LogP contribution in [0.3, 0.4) is 0 Å². The van der Waals surface area contributed by atoms with E-state index < -0.39 is 11.8 Å².